The van der Waals surface area contributed by atoms with Crippen molar-refractivity contribution in [1.29, 1.82) is 0 Å². The van der Waals surface area contributed by atoms with Crippen molar-refractivity contribution in [2.75, 3.05) is 26.6 Å². The van der Waals surface area contributed by atoms with E-state index in [2.05, 4.69) is 31.8 Å². The maximum Gasteiger partial charge on any atom is 0.252 e. The third-order valence-corrected chi connectivity index (χ3v) is 5.09. The van der Waals surface area contributed by atoms with E-state index in [-0.39, 0.29) is 5.92 Å². The monoisotopic (exact) mass is 491 g/mol. The summed E-state index contributed by atoms with van der Waals surface area (Å²) in [5, 5.41) is 6.75. The zero-order valence-electron chi connectivity index (χ0n) is 18.1. The molecule has 31 heavy (non-hydrogen) atoms. The molecule has 0 heterocycles. The number of hydrogen-bond donors (Lipinski definition) is 2. The van der Waals surface area contributed by atoms with E-state index in [4.69, 9.17) is 14.2 Å². The molecule has 1 unspecified atom stereocenters. The van der Waals surface area contributed by atoms with Crippen molar-refractivity contribution >= 4 is 39.6 Å². The predicted molar refractivity (Wildman–Crippen MR) is 123 cm³/mol. The number of nitrogens with one attached hydrogen (secondary N) is 2. The van der Waals surface area contributed by atoms with Gasteiger partial charge in [-0.2, -0.15) is 5.10 Å². The van der Waals surface area contributed by atoms with E-state index in [1.54, 1.807) is 64.5 Å². The standard InChI is InChI=1S/C22H26BrN3O5/c1-13(2)20(21(27)25-15-6-8-16(29-3)9-7-15)22(28)26-24-12-14-10-17(23)19(31-5)11-18(14)30-4/h6-13,20H,1-5H3,(H,25,27)(H,26,28). The van der Waals surface area contributed by atoms with Gasteiger partial charge in [-0.25, -0.2) is 5.43 Å². The Kier molecular flexibility index (Phi) is 8.87. The van der Waals surface area contributed by atoms with Crippen LogP contribution in [0.15, 0.2) is 46.0 Å². The Labute approximate surface area is 190 Å². The Bertz CT molecular complexity index is 945. The second-order valence-electron chi connectivity index (χ2n) is 6.90. The second-order valence-corrected chi connectivity index (χ2v) is 7.76. The van der Waals surface area contributed by atoms with Gasteiger partial charge in [0.05, 0.1) is 32.0 Å². The minimum atomic E-state index is -0.927. The van der Waals surface area contributed by atoms with Crippen LogP contribution in [-0.2, 0) is 9.59 Å². The molecule has 2 rings (SSSR count). The lowest BCUT2D eigenvalue weighted by Crippen LogP contribution is -2.39. The van der Waals surface area contributed by atoms with Crippen molar-refractivity contribution in [3.63, 3.8) is 0 Å². The number of amides is 2. The number of anilines is 1. The zero-order valence-corrected chi connectivity index (χ0v) is 19.6. The lowest BCUT2D eigenvalue weighted by molar-refractivity contribution is -0.134. The van der Waals surface area contributed by atoms with Gasteiger partial charge in [-0.1, -0.05) is 13.8 Å². The summed E-state index contributed by atoms with van der Waals surface area (Å²) in [5.74, 6) is -0.293. The molecule has 0 saturated carbocycles. The van der Waals surface area contributed by atoms with E-state index in [1.165, 1.54) is 13.3 Å². The lowest BCUT2D eigenvalue weighted by atomic mass is 9.94. The Morgan fingerprint density at radius 2 is 1.61 bits per heavy atom. The molecule has 0 fully saturated rings. The number of hydrogen-bond acceptors (Lipinski definition) is 6. The molecule has 166 valence electrons. The van der Waals surface area contributed by atoms with Crippen molar-refractivity contribution in [2.45, 2.75) is 13.8 Å². The summed E-state index contributed by atoms with van der Waals surface area (Å²) in [6.45, 7) is 3.59. The Morgan fingerprint density at radius 1 is 0.968 bits per heavy atom. The predicted octanol–water partition coefficient (Wildman–Crippen LogP) is 3.84. The lowest BCUT2D eigenvalue weighted by Gasteiger charge is -2.18. The highest BCUT2D eigenvalue weighted by atomic mass is 79.9. The summed E-state index contributed by atoms with van der Waals surface area (Å²) >= 11 is 3.40. The molecule has 2 aromatic rings. The number of hydrazone groups is 1. The number of ether oxygens (including phenoxy) is 3. The van der Waals surface area contributed by atoms with Crippen molar-refractivity contribution in [2.24, 2.45) is 16.9 Å². The van der Waals surface area contributed by atoms with Crippen LogP contribution in [0.1, 0.15) is 19.4 Å². The minimum absolute atomic E-state index is 0.238. The molecule has 0 aliphatic rings. The largest absolute Gasteiger partial charge is 0.497 e. The van der Waals surface area contributed by atoms with Crippen LogP contribution in [0.25, 0.3) is 0 Å². The minimum Gasteiger partial charge on any atom is -0.497 e. The van der Waals surface area contributed by atoms with E-state index in [1.807, 2.05) is 0 Å². The highest BCUT2D eigenvalue weighted by Gasteiger charge is 2.30. The zero-order chi connectivity index (χ0) is 23.0. The number of halogens is 1. The van der Waals surface area contributed by atoms with Crippen LogP contribution in [0.5, 0.6) is 17.2 Å². The number of nitrogens with zero attached hydrogens (tertiary/aromatic N) is 1. The third kappa shape index (κ3) is 6.45. The molecule has 2 N–H and O–H groups in total. The molecule has 1 atom stereocenters. The van der Waals surface area contributed by atoms with Crippen molar-refractivity contribution < 1.29 is 23.8 Å². The fourth-order valence-corrected chi connectivity index (χ4v) is 3.36. The van der Waals surface area contributed by atoms with Crippen molar-refractivity contribution in [3.05, 3.63) is 46.4 Å². The van der Waals surface area contributed by atoms with E-state index in [0.717, 1.165) is 0 Å². The molecule has 9 heteroatoms. The molecule has 0 radical (unpaired) electrons. The number of rotatable bonds is 9. The number of carbonyl (C=O) groups is 2. The Hall–Kier alpha value is -3.07. The van der Waals surface area contributed by atoms with Crippen molar-refractivity contribution in [1.82, 2.24) is 5.43 Å². The van der Waals surface area contributed by atoms with Gasteiger partial charge in [-0.15, -0.1) is 0 Å². The fraction of sp³-hybridized carbons (Fsp3) is 0.318. The molecule has 0 aliphatic carbocycles. The van der Waals surface area contributed by atoms with Crippen LogP contribution in [0.2, 0.25) is 0 Å². The Morgan fingerprint density at radius 3 is 2.16 bits per heavy atom. The van der Waals surface area contributed by atoms with Crippen LogP contribution in [0, 0.1) is 11.8 Å². The summed E-state index contributed by atoms with van der Waals surface area (Å²) in [4.78, 5) is 25.4. The molecule has 0 aromatic heterocycles. The van der Waals surface area contributed by atoms with Gasteiger partial charge >= 0.3 is 0 Å². The number of benzene rings is 2. The quantitative estimate of drug-likeness (QED) is 0.315. The first-order valence-electron chi connectivity index (χ1n) is 9.50. The molecule has 0 spiro atoms. The molecule has 0 saturated heterocycles. The summed E-state index contributed by atoms with van der Waals surface area (Å²) < 4.78 is 16.4. The maximum atomic E-state index is 12.7. The number of methoxy groups -OCH3 is 3. The summed E-state index contributed by atoms with van der Waals surface area (Å²) in [5.41, 5.74) is 3.64. The first-order chi connectivity index (χ1) is 14.8. The average Bonchev–Trinajstić information content (AvgIpc) is 2.74. The van der Waals surface area contributed by atoms with Crippen LogP contribution in [-0.4, -0.2) is 39.4 Å². The van der Waals surface area contributed by atoms with Gasteiger partial charge in [0.2, 0.25) is 5.91 Å². The Balaban J connectivity index is 2.10. The average molecular weight is 492 g/mol. The van der Waals surface area contributed by atoms with Crippen LogP contribution >= 0.6 is 15.9 Å². The fourth-order valence-electron chi connectivity index (χ4n) is 2.84. The first kappa shape index (κ1) is 24.2. The van der Waals surface area contributed by atoms with E-state index >= 15 is 0 Å². The van der Waals surface area contributed by atoms with E-state index in [0.29, 0.717) is 33.0 Å². The third-order valence-electron chi connectivity index (χ3n) is 4.47. The summed E-state index contributed by atoms with van der Waals surface area (Å²) in [6.07, 6.45) is 1.44. The highest BCUT2D eigenvalue weighted by molar-refractivity contribution is 9.10. The second kappa shape index (κ2) is 11.4. The molecular formula is C22H26BrN3O5. The molecule has 2 aromatic carbocycles. The topological polar surface area (TPSA) is 98.2 Å². The number of carbonyl (C=O) groups excluding carboxylic acids is 2. The SMILES string of the molecule is COc1ccc(NC(=O)C(C(=O)NN=Cc2cc(Br)c(OC)cc2OC)C(C)C)cc1. The molecule has 2 amide bonds. The molecule has 8 nitrogen and oxygen atoms in total. The van der Waals surface area contributed by atoms with Gasteiger partial charge in [0.25, 0.3) is 5.91 Å². The van der Waals surface area contributed by atoms with Gasteiger partial charge in [-0.05, 0) is 52.2 Å². The van der Waals surface area contributed by atoms with Gasteiger partial charge in [0, 0.05) is 17.3 Å². The van der Waals surface area contributed by atoms with E-state index in [9.17, 15) is 9.59 Å². The van der Waals surface area contributed by atoms with Crippen LogP contribution < -0.4 is 25.0 Å². The molecular weight excluding hydrogens is 466 g/mol. The van der Waals surface area contributed by atoms with Gasteiger partial charge in [0.15, 0.2) is 0 Å². The molecule has 0 aliphatic heterocycles. The van der Waals surface area contributed by atoms with Crippen LogP contribution in [0.3, 0.4) is 0 Å². The smallest absolute Gasteiger partial charge is 0.252 e. The summed E-state index contributed by atoms with van der Waals surface area (Å²) in [6, 6.07) is 10.3. The van der Waals surface area contributed by atoms with Gasteiger partial charge in [-0.3, -0.25) is 9.59 Å². The van der Waals surface area contributed by atoms with Crippen LogP contribution in [0.4, 0.5) is 5.69 Å². The maximum absolute atomic E-state index is 12.7. The van der Waals surface area contributed by atoms with Gasteiger partial charge in [0.1, 0.15) is 23.2 Å². The normalized spacial score (nSPS) is 11.8. The van der Waals surface area contributed by atoms with Gasteiger partial charge < -0.3 is 19.5 Å². The summed E-state index contributed by atoms with van der Waals surface area (Å²) in [7, 11) is 4.64. The highest BCUT2D eigenvalue weighted by Crippen LogP contribution is 2.32. The van der Waals surface area contributed by atoms with Crippen molar-refractivity contribution in [3.8, 4) is 17.2 Å². The molecule has 0 bridgehead atoms. The first-order valence-corrected chi connectivity index (χ1v) is 10.3. The van der Waals surface area contributed by atoms with E-state index < -0.39 is 17.7 Å².